The number of pyridine rings is 1. The number of imide groups is 1. The SMILES string of the molecule is CC1(c2cc3nc(N4CCNCC4)ccc3o2)NC(=O)NC1=O.CCN1Cc2ccc(OC)cc2C1=O. The number of ether oxygens (including phenoxy) is 1. The number of anilines is 1. The van der Waals surface area contributed by atoms with Gasteiger partial charge in [-0.25, -0.2) is 9.78 Å². The molecule has 0 saturated carbocycles. The van der Waals surface area contributed by atoms with Crippen molar-refractivity contribution < 1.29 is 23.5 Å². The molecule has 5 heterocycles. The van der Waals surface area contributed by atoms with Crippen LogP contribution >= 0.6 is 0 Å². The van der Waals surface area contributed by atoms with E-state index in [1.807, 2.05) is 42.2 Å². The number of methoxy groups -OCH3 is 1. The number of carbonyl (C=O) groups is 3. The molecule has 2 saturated heterocycles. The first kappa shape index (κ1) is 24.6. The van der Waals surface area contributed by atoms with Crippen molar-refractivity contribution in [3.8, 4) is 5.75 Å². The van der Waals surface area contributed by atoms with E-state index in [2.05, 4.69) is 25.8 Å². The Morgan fingerprint density at radius 3 is 2.57 bits per heavy atom. The normalized spacial score (nSPS) is 20.9. The number of nitrogens with one attached hydrogen (secondary N) is 3. The smallest absolute Gasteiger partial charge is 0.322 e. The third-order valence-electron chi connectivity index (χ3n) is 6.92. The molecule has 3 aromatic rings. The number of rotatable bonds is 4. The molecule has 6 rings (SSSR count). The molecule has 1 unspecified atom stereocenters. The number of benzene rings is 1. The average molecular weight is 507 g/mol. The van der Waals surface area contributed by atoms with E-state index >= 15 is 0 Å². The van der Waals surface area contributed by atoms with Crippen LogP contribution in [0.1, 0.15) is 35.5 Å². The van der Waals surface area contributed by atoms with Crippen LogP contribution in [-0.4, -0.2) is 67.6 Å². The fourth-order valence-electron chi connectivity index (χ4n) is 4.67. The van der Waals surface area contributed by atoms with E-state index in [1.165, 1.54) is 0 Å². The molecule has 11 heteroatoms. The fourth-order valence-corrected chi connectivity index (χ4v) is 4.67. The zero-order valence-electron chi connectivity index (χ0n) is 21.1. The molecular weight excluding hydrogens is 476 g/mol. The summed E-state index contributed by atoms with van der Waals surface area (Å²) in [7, 11) is 1.61. The molecule has 3 aliphatic rings. The molecule has 1 aromatic carbocycles. The number of fused-ring (bicyclic) bond motifs is 2. The number of hydrogen-bond donors (Lipinski definition) is 3. The van der Waals surface area contributed by atoms with Crippen molar-refractivity contribution in [3.63, 3.8) is 0 Å². The Morgan fingerprint density at radius 2 is 1.89 bits per heavy atom. The molecule has 0 radical (unpaired) electrons. The molecular formula is C26H30N6O5. The molecule has 2 aromatic heterocycles. The van der Waals surface area contributed by atoms with Gasteiger partial charge in [0, 0.05) is 50.9 Å². The summed E-state index contributed by atoms with van der Waals surface area (Å²) >= 11 is 0. The summed E-state index contributed by atoms with van der Waals surface area (Å²) in [5.74, 6) is 1.69. The van der Waals surface area contributed by atoms with Gasteiger partial charge >= 0.3 is 6.03 Å². The first-order chi connectivity index (χ1) is 17.8. The van der Waals surface area contributed by atoms with E-state index in [0.29, 0.717) is 16.9 Å². The number of hydrogen-bond acceptors (Lipinski definition) is 8. The zero-order valence-corrected chi connectivity index (χ0v) is 21.1. The second kappa shape index (κ2) is 9.74. The highest BCUT2D eigenvalue weighted by molar-refractivity contribution is 6.07. The molecule has 3 aliphatic heterocycles. The van der Waals surface area contributed by atoms with Crippen molar-refractivity contribution in [2.45, 2.75) is 25.9 Å². The van der Waals surface area contributed by atoms with Gasteiger partial charge in [0.2, 0.25) is 0 Å². The van der Waals surface area contributed by atoms with Crippen LogP contribution in [0.25, 0.3) is 11.1 Å². The second-order valence-electron chi connectivity index (χ2n) is 9.28. The van der Waals surface area contributed by atoms with E-state index in [1.54, 1.807) is 20.1 Å². The van der Waals surface area contributed by atoms with Crippen LogP contribution in [0.3, 0.4) is 0 Å². The molecule has 194 valence electrons. The largest absolute Gasteiger partial charge is 0.497 e. The first-order valence-corrected chi connectivity index (χ1v) is 12.3. The summed E-state index contributed by atoms with van der Waals surface area (Å²) in [5.41, 5.74) is 1.94. The summed E-state index contributed by atoms with van der Waals surface area (Å²) in [6.07, 6.45) is 0. The number of nitrogens with zero attached hydrogens (tertiary/aromatic N) is 3. The van der Waals surface area contributed by atoms with Crippen molar-refractivity contribution >= 4 is 34.8 Å². The van der Waals surface area contributed by atoms with Crippen molar-refractivity contribution in [1.82, 2.24) is 25.8 Å². The van der Waals surface area contributed by atoms with Gasteiger partial charge in [-0.05, 0) is 43.7 Å². The maximum absolute atomic E-state index is 12.0. The lowest BCUT2D eigenvalue weighted by Gasteiger charge is -2.28. The molecule has 0 aliphatic carbocycles. The Bertz CT molecular complexity index is 1360. The number of amides is 4. The summed E-state index contributed by atoms with van der Waals surface area (Å²) in [5, 5.41) is 8.13. The lowest BCUT2D eigenvalue weighted by Crippen LogP contribution is -2.43. The van der Waals surface area contributed by atoms with Gasteiger partial charge in [-0.2, -0.15) is 0 Å². The summed E-state index contributed by atoms with van der Waals surface area (Å²) in [6, 6.07) is 10.6. The van der Waals surface area contributed by atoms with Crippen molar-refractivity contribution in [2.75, 3.05) is 44.7 Å². The highest BCUT2D eigenvalue weighted by Crippen LogP contribution is 2.31. The Balaban J connectivity index is 0.000000171. The maximum atomic E-state index is 12.0. The molecule has 4 amide bonds. The monoisotopic (exact) mass is 506 g/mol. The summed E-state index contributed by atoms with van der Waals surface area (Å²) in [4.78, 5) is 43.8. The Labute approximate surface area is 214 Å². The Kier molecular flexibility index (Phi) is 6.46. The van der Waals surface area contributed by atoms with Crippen molar-refractivity contribution in [2.24, 2.45) is 0 Å². The van der Waals surface area contributed by atoms with Gasteiger partial charge in [0.25, 0.3) is 11.8 Å². The van der Waals surface area contributed by atoms with Crippen LogP contribution < -0.4 is 25.6 Å². The van der Waals surface area contributed by atoms with E-state index in [-0.39, 0.29) is 5.91 Å². The number of carbonyl (C=O) groups excluding carboxylic acids is 3. The molecule has 0 bridgehead atoms. The third kappa shape index (κ3) is 4.57. The van der Waals surface area contributed by atoms with Gasteiger partial charge in [0.1, 0.15) is 22.8 Å². The lowest BCUT2D eigenvalue weighted by molar-refractivity contribution is -0.124. The summed E-state index contributed by atoms with van der Waals surface area (Å²) < 4.78 is 10.8. The van der Waals surface area contributed by atoms with E-state index < -0.39 is 17.5 Å². The molecule has 0 spiro atoms. The molecule has 37 heavy (non-hydrogen) atoms. The van der Waals surface area contributed by atoms with Gasteiger partial charge in [0.05, 0.1) is 7.11 Å². The average Bonchev–Trinajstić information content (AvgIpc) is 3.57. The molecule has 11 nitrogen and oxygen atoms in total. The van der Waals surface area contributed by atoms with E-state index in [0.717, 1.165) is 62.0 Å². The molecule has 1 atom stereocenters. The predicted octanol–water partition coefficient (Wildman–Crippen LogP) is 1.96. The van der Waals surface area contributed by atoms with Crippen LogP contribution in [0, 0.1) is 0 Å². The quantitative estimate of drug-likeness (QED) is 0.458. The van der Waals surface area contributed by atoms with Crippen LogP contribution in [0.2, 0.25) is 0 Å². The van der Waals surface area contributed by atoms with Crippen LogP contribution in [0.5, 0.6) is 5.75 Å². The number of furan rings is 1. The van der Waals surface area contributed by atoms with E-state index in [4.69, 9.17) is 9.15 Å². The van der Waals surface area contributed by atoms with Crippen LogP contribution in [0.15, 0.2) is 40.8 Å². The highest BCUT2D eigenvalue weighted by atomic mass is 16.5. The minimum Gasteiger partial charge on any atom is -0.497 e. The molecule has 3 N–H and O–H groups in total. The Hall–Kier alpha value is -4.12. The van der Waals surface area contributed by atoms with Gasteiger partial charge in [-0.15, -0.1) is 0 Å². The van der Waals surface area contributed by atoms with Crippen molar-refractivity contribution in [1.29, 1.82) is 0 Å². The molecule has 2 fully saturated rings. The van der Waals surface area contributed by atoms with Crippen LogP contribution in [-0.2, 0) is 16.9 Å². The zero-order chi connectivity index (χ0) is 26.2. The lowest BCUT2D eigenvalue weighted by atomic mass is 10.00. The highest BCUT2D eigenvalue weighted by Gasteiger charge is 2.46. The number of piperazine rings is 1. The maximum Gasteiger partial charge on any atom is 0.322 e. The first-order valence-electron chi connectivity index (χ1n) is 12.3. The topological polar surface area (TPSA) is 129 Å². The van der Waals surface area contributed by atoms with Gasteiger partial charge in [-0.1, -0.05) is 6.07 Å². The predicted molar refractivity (Wildman–Crippen MR) is 137 cm³/mol. The Morgan fingerprint density at radius 1 is 1.11 bits per heavy atom. The minimum absolute atomic E-state index is 0.112. The third-order valence-corrected chi connectivity index (χ3v) is 6.92. The fraction of sp³-hybridized carbons (Fsp3) is 0.385. The standard InChI is InChI=1S/C15H17N5O3.C11H13NO2/c1-15(13(21)18-14(22)19-15)11-8-9-10(23-11)2-3-12(17-9)20-6-4-16-5-7-20;1-3-12-7-8-4-5-9(14-2)6-10(8)11(12)13/h2-3,8,16H,4-7H2,1H3,(H2,18,19,21,22);4-6H,3,7H2,1-2H3. The van der Waals surface area contributed by atoms with Crippen molar-refractivity contribution in [3.05, 3.63) is 53.3 Å². The van der Waals surface area contributed by atoms with Gasteiger partial charge in [-0.3, -0.25) is 14.9 Å². The number of urea groups is 1. The summed E-state index contributed by atoms with van der Waals surface area (Å²) in [6.45, 7) is 8.76. The van der Waals surface area contributed by atoms with Crippen LogP contribution in [0.4, 0.5) is 10.6 Å². The van der Waals surface area contributed by atoms with E-state index in [9.17, 15) is 14.4 Å². The van der Waals surface area contributed by atoms with Gasteiger partial charge < -0.3 is 29.6 Å². The second-order valence-corrected chi connectivity index (χ2v) is 9.28. The minimum atomic E-state index is -1.20. The number of aromatic nitrogens is 1. The van der Waals surface area contributed by atoms with Gasteiger partial charge in [0.15, 0.2) is 11.1 Å².